The lowest BCUT2D eigenvalue weighted by molar-refractivity contribution is 0.794. The highest BCUT2D eigenvalue weighted by atomic mass is 16.2. The monoisotopic (exact) mass is 180 g/mol. The second kappa shape index (κ2) is 2.32. The number of H-pyrrole nitrogens is 1. The molecule has 0 bridgehead atoms. The van der Waals surface area contributed by atoms with Crippen LogP contribution in [0.15, 0.2) is 15.8 Å². The van der Waals surface area contributed by atoms with E-state index in [0.717, 1.165) is 0 Å². The Morgan fingerprint density at radius 2 is 2.00 bits per heavy atom. The molecule has 2 aromatic rings. The molecule has 0 aliphatic rings. The predicted octanol–water partition coefficient (Wildman–Crippen LogP) is -1.04. The van der Waals surface area contributed by atoms with Gasteiger partial charge in [0.05, 0.1) is 11.7 Å². The Labute approximate surface area is 72.4 Å². The quantitative estimate of drug-likeness (QED) is 0.562. The summed E-state index contributed by atoms with van der Waals surface area (Å²) in [4.78, 5) is 22.7. The van der Waals surface area contributed by atoms with E-state index in [1.807, 2.05) is 0 Å². The standard InChI is InChI=1S/C7H8N4O2/c1-10-4-3-8-9-6(12)5(4)11(2)7(10)13/h3H,1-2H3,(H,9,12). The van der Waals surface area contributed by atoms with Crippen LogP contribution in [-0.4, -0.2) is 19.3 Å². The molecule has 6 nitrogen and oxygen atoms in total. The van der Waals surface area contributed by atoms with Gasteiger partial charge in [0.25, 0.3) is 5.56 Å². The van der Waals surface area contributed by atoms with Crippen LogP contribution in [0.5, 0.6) is 0 Å². The average Bonchev–Trinajstić information content (AvgIpc) is 2.33. The number of aromatic nitrogens is 4. The Bertz CT molecular complexity index is 574. The average molecular weight is 180 g/mol. The van der Waals surface area contributed by atoms with E-state index < -0.39 is 0 Å². The van der Waals surface area contributed by atoms with Crippen molar-refractivity contribution in [2.45, 2.75) is 0 Å². The fraction of sp³-hybridized carbons (Fsp3) is 0.286. The van der Waals surface area contributed by atoms with Gasteiger partial charge in [-0.3, -0.25) is 13.9 Å². The first-order chi connectivity index (χ1) is 6.13. The molecule has 0 saturated heterocycles. The van der Waals surface area contributed by atoms with Crippen molar-refractivity contribution in [2.75, 3.05) is 0 Å². The summed E-state index contributed by atoms with van der Waals surface area (Å²) in [7, 11) is 3.16. The summed E-state index contributed by atoms with van der Waals surface area (Å²) >= 11 is 0. The summed E-state index contributed by atoms with van der Waals surface area (Å²) in [5, 5.41) is 5.89. The fourth-order valence-electron chi connectivity index (χ4n) is 1.38. The number of nitrogens with one attached hydrogen (secondary N) is 1. The number of aromatic amines is 1. The molecule has 0 aromatic carbocycles. The number of fused-ring (bicyclic) bond motifs is 1. The smallest absolute Gasteiger partial charge is 0.293 e. The number of nitrogens with zero attached hydrogens (tertiary/aromatic N) is 3. The third-order valence-electron chi connectivity index (χ3n) is 2.08. The van der Waals surface area contributed by atoms with Crippen LogP contribution in [0.25, 0.3) is 11.0 Å². The van der Waals surface area contributed by atoms with E-state index in [0.29, 0.717) is 11.0 Å². The van der Waals surface area contributed by atoms with Gasteiger partial charge in [0.1, 0.15) is 5.52 Å². The summed E-state index contributed by atoms with van der Waals surface area (Å²) in [6.45, 7) is 0. The first-order valence-electron chi connectivity index (χ1n) is 3.72. The SMILES string of the molecule is Cn1c(=O)n(C)c2c(=O)[nH]ncc21. The minimum absolute atomic E-state index is 0.228. The van der Waals surface area contributed by atoms with E-state index in [2.05, 4.69) is 10.2 Å². The van der Waals surface area contributed by atoms with Crippen LogP contribution in [0.3, 0.4) is 0 Å². The van der Waals surface area contributed by atoms with Crippen molar-refractivity contribution in [1.82, 2.24) is 19.3 Å². The van der Waals surface area contributed by atoms with Crippen molar-refractivity contribution in [3.63, 3.8) is 0 Å². The van der Waals surface area contributed by atoms with Crippen LogP contribution in [-0.2, 0) is 14.1 Å². The molecule has 0 atom stereocenters. The van der Waals surface area contributed by atoms with Crippen molar-refractivity contribution in [1.29, 1.82) is 0 Å². The molecule has 6 heteroatoms. The minimum atomic E-state index is -0.349. The summed E-state index contributed by atoms with van der Waals surface area (Å²) in [5.74, 6) is 0. The third kappa shape index (κ3) is 0.851. The van der Waals surface area contributed by atoms with Crippen molar-refractivity contribution in [3.8, 4) is 0 Å². The van der Waals surface area contributed by atoms with Gasteiger partial charge in [-0.25, -0.2) is 9.89 Å². The molecule has 0 aliphatic heterocycles. The van der Waals surface area contributed by atoms with Crippen molar-refractivity contribution in [3.05, 3.63) is 27.0 Å². The van der Waals surface area contributed by atoms with Gasteiger partial charge in [0, 0.05) is 14.1 Å². The molecule has 0 amide bonds. The van der Waals surface area contributed by atoms with Gasteiger partial charge in [-0.2, -0.15) is 5.10 Å². The number of imidazole rings is 1. The normalized spacial score (nSPS) is 10.9. The molecule has 0 spiro atoms. The van der Waals surface area contributed by atoms with E-state index in [9.17, 15) is 9.59 Å². The van der Waals surface area contributed by atoms with Crippen LogP contribution in [0.2, 0.25) is 0 Å². The lowest BCUT2D eigenvalue weighted by Gasteiger charge is -1.89. The molecule has 68 valence electrons. The Morgan fingerprint density at radius 3 is 2.62 bits per heavy atom. The molecule has 2 heterocycles. The van der Waals surface area contributed by atoms with Gasteiger partial charge in [0.15, 0.2) is 0 Å². The van der Waals surface area contributed by atoms with Gasteiger partial charge in [0.2, 0.25) is 0 Å². The second-order valence-corrected chi connectivity index (χ2v) is 2.83. The predicted molar refractivity (Wildman–Crippen MR) is 46.6 cm³/mol. The highest BCUT2D eigenvalue weighted by Gasteiger charge is 2.09. The van der Waals surface area contributed by atoms with E-state index in [4.69, 9.17) is 0 Å². The second-order valence-electron chi connectivity index (χ2n) is 2.83. The summed E-state index contributed by atoms with van der Waals surface area (Å²) in [5.41, 5.74) is 0.310. The number of hydrogen-bond acceptors (Lipinski definition) is 3. The topological polar surface area (TPSA) is 72.7 Å². The van der Waals surface area contributed by atoms with Crippen LogP contribution < -0.4 is 11.2 Å². The molecular formula is C7H8N4O2. The maximum Gasteiger partial charge on any atom is 0.328 e. The highest BCUT2D eigenvalue weighted by Crippen LogP contribution is 2.01. The van der Waals surface area contributed by atoms with Gasteiger partial charge in [-0.15, -0.1) is 0 Å². The minimum Gasteiger partial charge on any atom is -0.293 e. The van der Waals surface area contributed by atoms with Crippen LogP contribution in [0.4, 0.5) is 0 Å². The maximum atomic E-state index is 11.4. The molecule has 0 saturated carbocycles. The molecule has 0 radical (unpaired) electrons. The van der Waals surface area contributed by atoms with Crippen LogP contribution in [0, 0.1) is 0 Å². The van der Waals surface area contributed by atoms with E-state index >= 15 is 0 Å². The number of hydrogen-bond donors (Lipinski definition) is 1. The van der Waals surface area contributed by atoms with E-state index in [1.54, 1.807) is 14.1 Å². The molecule has 2 rings (SSSR count). The van der Waals surface area contributed by atoms with E-state index in [1.165, 1.54) is 15.3 Å². The van der Waals surface area contributed by atoms with Crippen LogP contribution in [0.1, 0.15) is 0 Å². The summed E-state index contributed by atoms with van der Waals surface area (Å²) in [6, 6.07) is 0. The van der Waals surface area contributed by atoms with Crippen LogP contribution >= 0.6 is 0 Å². The zero-order valence-electron chi connectivity index (χ0n) is 7.24. The summed E-state index contributed by atoms with van der Waals surface area (Å²) < 4.78 is 2.69. The molecular weight excluding hydrogens is 172 g/mol. The Balaban J connectivity index is 3.22. The summed E-state index contributed by atoms with van der Waals surface area (Å²) in [6.07, 6.45) is 1.46. The van der Waals surface area contributed by atoms with Gasteiger partial charge < -0.3 is 0 Å². The molecule has 2 aromatic heterocycles. The van der Waals surface area contributed by atoms with Gasteiger partial charge in [-0.1, -0.05) is 0 Å². The van der Waals surface area contributed by atoms with Gasteiger partial charge in [-0.05, 0) is 0 Å². The lowest BCUT2D eigenvalue weighted by Crippen LogP contribution is -2.20. The largest absolute Gasteiger partial charge is 0.328 e. The maximum absolute atomic E-state index is 11.4. The fourth-order valence-corrected chi connectivity index (χ4v) is 1.38. The highest BCUT2D eigenvalue weighted by molar-refractivity contribution is 5.73. The molecule has 13 heavy (non-hydrogen) atoms. The zero-order valence-corrected chi connectivity index (χ0v) is 7.24. The number of aryl methyl sites for hydroxylation is 2. The number of rotatable bonds is 0. The Kier molecular flexibility index (Phi) is 1.39. The Hall–Kier alpha value is -1.85. The van der Waals surface area contributed by atoms with Crippen molar-refractivity contribution < 1.29 is 0 Å². The Morgan fingerprint density at radius 1 is 1.31 bits per heavy atom. The van der Waals surface area contributed by atoms with Crippen molar-refractivity contribution >= 4 is 11.0 Å². The van der Waals surface area contributed by atoms with E-state index in [-0.39, 0.29) is 11.2 Å². The molecule has 0 fully saturated rings. The van der Waals surface area contributed by atoms with Crippen molar-refractivity contribution in [2.24, 2.45) is 14.1 Å². The first kappa shape index (κ1) is 7.78. The van der Waals surface area contributed by atoms with Gasteiger partial charge >= 0.3 is 5.69 Å². The first-order valence-corrected chi connectivity index (χ1v) is 3.72. The lowest BCUT2D eigenvalue weighted by atomic mass is 10.4. The molecule has 0 aliphatic carbocycles. The third-order valence-corrected chi connectivity index (χ3v) is 2.08. The molecule has 0 unspecified atom stereocenters. The zero-order chi connectivity index (χ0) is 9.59. The molecule has 1 N–H and O–H groups in total.